The molecule has 0 radical (unpaired) electrons. The van der Waals surface area contributed by atoms with Crippen LogP contribution in [0.3, 0.4) is 0 Å². The number of pyridine rings is 1. The number of phenols is 1. The van der Waals surface area contributed by atoms with Crippen molar-refractivity contribution in [1.82, 2.24) is 9.47 Å². The topological polar surface area (TPSA) is 57.9 Å². The molecule has 0 saturated carbocycles. The first-order chi connectivity index (χ1) is 14.6. The zero-order valence-electron chi connectivity index (χ0n) is 17.3. The van der Waals surface area contributed by atoms with E-state index in [2.05, 4.69) is 15.9 Å². The molecule has 2 saturated heterocycles. The van der Waals surface area contributed by atoms with E-state index in [-0.39, 0.29) is 11.3 Å². The summed E-state index contributed by atoms with van der Waals surface area (Å²) in [6, 6.07) is 13.3. The van der Waals surface area contributed by atoms with Crippen LogP contribution in [0.25, 0.3) is 16.5 Å². The molecule has 6 nitrogen and oxygen atoms in total. The maximum absolute atomic E-state index is 13.0. The van der Waals surface area contributed by atoms with E-state index in [0.29, 0.717) is 11.4 Å². The zero-order chi connectivity index (χ0) is 20.7. The van der Waals surface area contributed by atoms with Crippen molar-refractivity contribution in [2.24, 2.45) is 0 Å². The van der Waals surface area contributed by atoms with E-state index >= 15 is 0 Å². The monoisotopic (exact) mass is 405 g/mol. The van der Waals surface area contributed by atoms with Gasteiger partial charge in [0.05, 0.1) is 18.5 Å². The molecule has 3 aromatic rings. The fourth-order valence-corrected chi connectivity index (χ4v) is 4.88. The average molecular weight is 405 g/mol. The zero-order valence-corrected chi connectivity index (χ0v) is 17.3. The van der Waals surface area contributed by atoms with Crippen LogP contribution in [-0.4, -0.2) is 53.9 Å². The van der Waals surface area contributed by atoms with Gasteiger partial charge in [-0.15, -0.1) is 0 Å². The van der Waals surface area contributed by atoms with Crippen LogP contribution in [0.2, 0.25) is 0 Å². The third-order valence-electron chi connectivity index (χ3n) is 6.49. The number of methoxy groups -OCH3 is 1. The number of phenolic OH excluding ortho intramolecular Hbond substituents is 1. The molecule has 0 aliphatic carbocycles. The van der Waals surface area contributed by atoms with Gasteiger partial charge in [0.15, 0.2) is 0 Å². The van der Waals surface area contributed by atoms with Crippen molar-refractivity contribution in [2.45, 2.75) is 25.3 Å². The van der Waals surface area contributed by atoms with Crippen LogP contribution < -0.4 is 15.2 Å². The summed E-state index contributed by atoms with van der Waals surface area (Å²) in [7, 11) is 1.68. The predicted molar refractivity (Wildman–Crippen MR) is 119 cm³/mol. The normalized spacial score (nSPS) is 19.6. The lowest BCUT2D eigenvalue weighted by Crippen LogP contribution is -2.35. The number of ether oxygens (including phenoxy) is 1. The Labute approximate surface area is 175 Å². The second kappa shape index (κ2) is 7.69. The van der Waals surface area contributed by atoms with E-state index in [1.807, 2.05) is 18.2 Å². The number of hydrogen-bond acceptors (Lipinski definition) is 5. The van der Waals surface area contributed by atoms with E-state index in [1.54, 1.807) is 36.1 Å². The fourth-order valence-electron chi connectivity index (χ4n) is 4.88. The van der Waals surface area contributed by atoms with Crippen molar-refractivity contribution in [2.75, 3.05) is 38.2 Å². The van der Waals surface area contributed by atoms with Crippen LogP contribution >= 0.6 is 0 Å². The molecule has 0 amide bonds. The first kappa shape index (κ1) is 19.0. The lowest BCUT2D eigenvalue weighted by atomic mass is 10.1. The molecule has 2 aliphatic heterocycles. The molecule has 156 valence electrons. The number of benzene rings is 2. The fraction of sp³-hybridized carbons (Fsp3) is 0.375. The number of aromatic hydroxyl groups is 1. The number of rotatable bonds is 4. The number of nitrogens with zero attached hydrogens (tertiary/aromatic N) is 3. The Balaban J connectivity index is 1.46. The summed E-state index contributed by atoms with van der Waals surface area (Å²) < 4.78 is 7.35. The SMILES string of the molecule is COc1cc(-n2ccc3cc(O)ccc3c2=O)ccc1N1CC[C@@H](N2CCCC2)C1. The summed E-state index contributed by atoms with van der Waals surface area (Å²) in [4.78, 5) is 18.0. The molecule has 0 spiro atoms. The number of fused-ring (bicyclic) bond motifs is 1. The summed E-state index contributed by atoms with van der Waals surface area (Å²) in [6.45, 7) is 4.49. The Kier molecular flexibility index (Phi) is 4.87. The van der Waals surface area contributed by atoms with E-state index in [1.165, 1.54) is 32.4 Å². The predicted octanol–water partition coefficient (Wildman–Crippen LogP) is 3.38. The van der Waals surface area contributed by atoms with Crippen LogP contribution in [-0.2, 0) is 0 Å². The molecule has 2 fully saturated rings. The van der Waals surface area contributed by atoms with Crippen LogP contribution in [0.4, 0.5) is 5.69 Å². The summed E-state index contributed by atoms with van der Waals surface area (Å²) in [6.07, 6.45) is 5.56. The molecule has 1 atom stereocenters. The van der Waals surface area contributed by atoms with Crippen molar-refractivity contribution in [3.63, 3.8) is 0 Å². The van der Waals surface area contributed by atoms with Gasteiger partial charge in [0.2, 0.25) is 0 Å². The molecular formula is C24H27N3O3. The minimum atomic E-state index is -0.113. The standard InChI is InChI=1S/C24H27N3O3/c1-30-23-15-18(27-13-8-17-14-20(28)5-6-21(17)24(27)29)4-7-22(23)26-12-9-19(16-26)25-10-2-3-11-25/h4-8,13-15,19,28H,2-3,9-12,16H2,1H3/t19-/m1/s1. The lowest BCUT2D eigenvalue weighted by molar-refractivity contribution is 0.260. The molecule has 0 bridgehead atoms. The Morgan fingerprint density at radius 3 is 2.67 bits per heavy atom. The minimum absolute atomic E-state index is 0.113. The molecule has 3 heterocycles. The molecule has 1 N–H and O–H groups in total. The van der Waals surface area contributed by atoms with Crippen LogP contribution in [0, 0.1) is 0 Å². The van der Waals surface area contributed by atoms with Gasteiger partial charge in [0.1, 0.15) is 11.5 Å². The quantitative estimate of drug-likeness (QED) is 0.721. The lowest BCUT2D eigenvalue weighted by Gasteiger charge is -2.25. The Morgan fingerprint density at radius 1 is 1.03 bits per heavy atom. The van der Waals surface area contributed by atoms with E-state index in [4.69, 9.17) is 4.74 Å². The van der Waals surface area contributed by atoms with Crippen LogP contribution in [0.5, 0.6) is 11.5 Å². The average Bonchev–Trinajstić information content (AvgIpc) is 3.45. The summed E-state index contributed by atoms with van der Waals surface area (Å²) >= 11 is 0. The van der Waals surface area contributed by atoms with Gasteiger partial charge in [-0.05, 0) is 74.1 Å². The molecular weight excluding hydrogens is 378 g/mol. The number of aromatic nitrogens is 1. The maximum Gasteiger partial charge on any atom is 0.262 e. The van der Waals surface area contributed by atoms with Gasteiger partial charge >= 0.3 is 0 Å². The smallest absolute Gasteiger partial charge is 0.262 e. The molecule has 1 aromatic heterocycles. The summed E-state index contributed by atoms with van der Waals surface area (Å²) in [5.74, 6) is 0.941. The van der Waals surface area contributed by atoms with Gasteiger partial charge in [0, 0.05) is 36.8 Å². The van der Waals surface area contributed by atoms with Gasteiger partial charge in [-0.3, -0.25) is 14.3 Å². The molecule has 6 heteroatoms. The Bertz CT molecular complexity index is 1130. The second-order valence-corrected chi connectivity index (χ2v) is 8.25. The molecule has 2 aromatic carbocycles. The summed E-state index contributed by atoms with van der Waals surface area (Å²) in [5.41, 5.74) is 1.74. The van der Waals surface area contributed by atoms with Crippen LogP contribution in [0.15, 0.2) is 53.5 Å². The third kappa shape index (κ3) is 3.31. The van der Waals surface area contributed by atoms with E-state index < -0.39 is 0 Å². The van der Waals surface area contributed by atoms with Crippen molar-refractivity contribution in [1.29, 1.82) is 0 Å². The second-order valence-electron chi connectivity index (χ2n) is 8.25. The molecule has 5 rings (SSSR count). The highest BCUT2D eigenvalue weighted by molar-refractivity contribution is 5.83. The molecule has 2 aliphatic rings. The van der Waals surface area contributed by atoms with Crippen molar-refractivity contribution >= 4 is 16.5 Å². The van der Waals surface area contributed by atoms with Gasteiger partial charge in [-0.2, -0.15) is 0 Å². The highest BCUT2D eigenvalue weighted by Crippen LogP contribution is 2.34. The van der Waals surface area contributed by atoms with Gasteiger partial charge in [-0.1, -0.05) is 0 Å². The molecule has 0 unspecified atom stereocenters. The highest BCUT2D eigenvalue weighted by atomic mass is 16.5. The van der Waals surface area contributed by atoms with Gasteiger partial charge < -0.3 is 14.7 Å². The van der Waals surface area contributed by atoms with Crippen LogP contribution in [0.1, 0.15) is 19.3 Å². The van der Waals surface area contributed by atoms with Gasteiger partial charge in [-0.25, -0.2) is 0 Å². The first-order valence-electron chi connectivity index (χ1n) is 10.7. The third-order valence-corrected chi connectivity index (χ3v) is 6.49. The number of anilines is 1. The number of hydrogen-bond donors (Lipinski definition) is 1. The largest absolute Gasteiger partial charge is 0.508 e. The van der Waals surface area contributed by atoms with Crippen molar-refractivity contribution in [3.05, 3.63) is 59.0 Å². The Hall–Kier alpha value is -2.99. The molecule has 30 heavy (non-hydrogen) atoms. The Morgan fingerprint density at radius 2 is 1.87 bits per heavy atom. The highest BCUT2D eigenvalue weighted by Gasteiger charge is 2.30. The minimum Gasteiger partial charge on any atom is -0.508 e. The maximum atomic E-state index is 13.0. The first-order valence-corrected chi connectivity index (χ1v) is 10.7. The summed E-state index contributed by atoms with van der Waals surface area (Å²) in [5, 5.41) is 11.0. The number of likely N-dealkylation sites (tertiary alicyclic amines) is 1. The van der Waals surface area contributed by atoms with Gasteiger partial charge in [0.25, 0.3) is 5.56 Å². The van der Waals surface area contributed by atoms with Crippen molar-refractivity contribution < 1.29 is 9.84 Å². The van der Waals surface area contributed by atoms with Crippen molar-refractivity contribution in [3.8, 4) is 17.2 Å². The van der Waals surface area contributed by atoms with E-state index in [9.17, 15) is 9.90 Å². The van der Waals surface area contributed by atoms with E-state index in [0.717, 1.165) is 35.6 Å².